The number of aromatic nitrogens is 1. The van der Waals surface area contributed by atoms with Crippen LogP contribution in [0.5, 0.6) is 0 Å². The minimum atomic E-state index is 0.487. The number of hydrogen-bond acceptors (Lipinski definition) is 3. The number of nitrogens with zero attached hydrogens (tertiary/aromatic N) is 3. The zero-order valence-electron chi connectivity index (χ0n) is 7.23. The highest BCUT2D eigenvalue weighted by Crippen LogP contribution is 2.15. The lowest BCUT2D eigenvalue weighted by atomic mass is 10.1. The quantitative estimate of drug-likeness (QED) is 0.413. The minimum absolute atomic E-state index is 0.487. The molecular weight excluding hydrogens is 152 g/mol. The Morgan fingerprint density at radius 1 is 1.42 bits per heavy atom. The average Bonchev–Trinajstić information content (AvgIpc) is 2.06. The zero-order chi connectivity index (χ0) is 8.97. The van der Waals surface area contributed by atoms with Gasteiger partial charge < -0.3 is 5.84 Å². The van der Waals surface area contributed by atoms with Gasteiger partial charge in [0.15, 0.2) is 5.82 Å². The summed E-state index contributed by atoms with van der Waals surface area (Å²) in [5.74, 6) is 5.91. The van der Waals surface area contributed by atoms with E-state index in [1.807, 2.05) is 6.07 Å². The Bertz CT molecular complexity index is 263. The maximum atomic E-state index is 4.88. The first kappa shape index (κ1) is 8.64. The molecule has 0 bridgehead atoms. The summed E-state index contributed by atoms with van der Waals surface area (Å²) in [4.78, 5) is 4.05. The van der Waals surface area contributed by atoms with Crippen LogP contribution in [0, 0.1) is 0 Å². The third-order valence-electron chi connectivity index (χ3n) is 1.60. The van der Waals surface area contributed by atoms with Crippen LogP contribution in [0.2, 0.25) is 0 Å². The topological polar surface area (TPSA) is 63.6 Å². The second-order valence-electron chi connectivity index (χ2n) is 2.82. The van der Waals surface area contributed by atoms with Crippen LogP contribution in [0.1, 0.15) is 25.3 Å². The molecule has 0 aromatic carbocycles. The molecule has 2 N–H and O–H groups in total. The van der Waals surface area contributed by atoms with Crippen molar-refractivity contribution in [2.24, 2.45) is 16.2 Å². The van der Waals surface area contributed by atoms with Crippen molar-refractivity contribution in [2.75, 3.05) is 0 Å². The molecule has 1 rings (SSSR count). The van der Waals surface area contributed by atoms with E-state index in [2.05, 4.69) is 29.2 Å². The number of pyridine rings is 1. The minimum Gasteiger partial charge on any atom is -0.305 e. The van der Waals surface area contributed by atoms with Gasteiger partial charge in [-0.3, -0.25) is 0 Å². The van der Waals surface area contributed by atoms with Crippen molar-refractivity contribution in [3.63, 3.8) is 0 Å². The molecule has 0 spiro atoms. The maximum Gasteiger partial charge on any atom is 0.176 e. The van der Waals surface area contributed by atoms with Crippen molar-refractivity contribution in [3.8, 4) is 0 Å². The van der Waals surface area contributed by atoms with E-state index >= 15 is 0 Å². The summed E-state index contributed by atoms with van der Waals surface area (Å²) >= 11 is 0. The number of hydrogen-bond donors (Lipinski definition) is 1. The van der Waals surface area contributed by atoms with Crippen molar-refractivity contribution < 1.29 is 0 Å². The first-order chi connectivity index (χ1) is 5.74. The average molecular weight is 164 g/mol. The van der Waals surface area contributed by atoms with E-state index in [0.717, 1.165) is 0 Å². The summed E-state index contributed by atoms with van der Waals surface area (Å²) in [5.41, 5.74) is 1.19. The monoisotopic (exact) mass is 164 g/mol. The Morgan fingerprint density at radius 2 is 2.17 bits per heavy atom. The summed E-state index contributed by atoms with van der Waals surface area (Å²) in [6, 6.07) is 3.77. The summed E-state index contributed by atoms with van der Waals surface area (Å²) in [7, 11) is 0. The van der Waals surface area contributed by atoms with Crippen LogP contribution >= 0.6 is 0 Å². The SMILES string of the molecule is CC(C)c1ccc(N=NN)nc1. The van der Waals surface area contributed by atoms with Gasteiger partial charge in [-0.2, -0.15) is 0 Å². The second kappa shape index (κ2) is 3.80. The van der Waals surface area contributed by atoms with Gasteiger partial charge in [0.2, 0.25) is 0 Å². The Balaban J connectivity index is 2.85. The van der Waals surface area contributed by atoms with Crippen molar-refractivity contribution in [1.82, 2.24) is 4.98 Å². The Morgan fingerprint density at radius 3 is 2.58 bits per heavy atom. The van der Waals surface area contributed by atoms with Crippen LogP contribution in [-0.4, -0.2) is 4.98 Å². The lowest BCUT2D eigenvalue weighted by Crippen LogP contribution is -1.87. The summed E-state index contributed by atoms with van der Waals surface area (Å²) in [6.45, 7) is 4.22. The van der Waals surface area contributed by atoms with Gasteiger partial charge in [-0.1, -0.05) is 25.1 Å². The highest BCUT2D eigenvalue weighted by molar-refractivity contribution is 5.29. The first-order valence-electron chi connectivity index (χ1n) is 3.81. The molecular formula is C8H12N4. The van der Waals surface area contributed by atoms with E-state index in [0.29, 0.717) is 11.7 Å². The third-order valence-corrected chi connectivity index (χ3v) is 1.60. The Labute approximate surface area is 71.5 Å². The maximum absolute atomic E-state index is 4.88. The molecule has 64 valence electrons. The summed E-state index contributed by atoms with van der Waals surface area (Å²) in [6.07, 6.45) is 1.79. The first-order valence-corrected chi connectivity index (χ1v) is 3.81. The molecule has 0 amide bonds. The van der Waals surface area contributed by atoms with Crippen LogP contribution in [0.4, 0.5) is 5.82 Å². The lowest BCUT2D eigenvalue weighted by Gasteiger charge is -2.02. The van der Waals surface area contributed by atoms with E-state index in [1.54, 1.807) is 12.3 Å². The highest BCUT2D eigenvalue weighted by atomic mass is 15.3. The molecule has 1 aromatic heterocycles. The van der Waals surface area contributed by atoms with E-state index in [9.17, 15) is 0 Å². The van der Waals surface area contributed by atoms with Crippen molar-refractivity contribution in [1.29, 1.82) is 0 Å². The van der Waals surface area contributed by atoms with Crippen LogP contribution in [0.25, 0.3) is 0 Å². The van der Waals surface area contributed by atoms with Gasteiger partial charge in [-0.15, -0.1) is 5.11 Å². The molecule has 1 heterocycles. The van der Waals surface area contributed by atoms with Gasteiger partial charge >= 0.3 is 0 Å². The van der Waals surface area contributed by atoms with Gasteiger partial charge in [0, 0.05) is 6.20 Å². The van der Waals surface area contributed by atoms with E-state index < -0.39 is 0 Å². The van der Waals surface area contributed by atoms with Gasteiger partial charge in [0.25, 0.3) is 0 Å². The van der Waals surface area contributed by atoms with Crippen LogP contribution < -0.4 is 5.84 Å². The van der Waals surface area contributed by atoms with Crippen LogP contribution in [0.3, 0.4) is 0 Å². The lowest BCUT2D eigenvalue weighted by molar-refractivity contribution is 0.857. The summed E-state index contributed by atoms with van der Waals surface area (Å²) in [5, 5.41) is 6.74. The molecule has 0 aliphatic heterocycles. The molecule has 0 saturated heterocycles. The molecule has 0 unspecified atom stereocenters. The molecule has 0 aliphatic rings. The molecule has 1 aromatic rings. The van der Waals surface area contributed by atoms with Crippen molar-refractivity contribution >= 4 is 5.82 Å². The van der Waals surface area contributed by atoms with E-state index in [1.165, 1.54) is 5.56 Å². The molecule has 0 radical (unpaired) electrons. The largest absolute Gasteiger partial charge is 0.305 e. The smallest absolute Gasteiger partial charge is 0.176 e. The normalized spacial score (nSPS) is 11.2. The zero-order valence-corrected chi connectivity index (χ0v) is 7.23. The molecule has 12 heavy (non-hydrogen) atoms. The van der Waals surface area contributed by atoms with Gasteiger partial charge in [-0.25, -0.2) is 4.98 Å². The number of nitrogens with two attached hydrogens (primary N) is 1. The second-order valence-corrected chi connectivity index (χ2v) is 2.82. The fourth-order valence-electron chi connectivity index (χ4n) is 0.857. The van der Waals surface area contributed by atoms with Gasteiger partial charge in [0.05, 0.1) is 0 Å². The molecule has 0 aliphatic carbocycles. The van der Waals surface area contributed by atoms with Gasteiger partial charge in [0.1, 0.15) is 0 Å². The fourth-order valence-corrected chi connectivity index (χ4v) is 0.857. The fraction of sp³-hybridized carbons (Fsp3) is 0.375. The number of rotatable bonds is 2. The predicted molar refractivity (Wildman–Crippen MR) is 47.0 cm³/mol. The standard InChI is InChI=1S/C8H12N4/c1-6(2)7-3-4-8(10-5-7)11-12-9/h3-6H,1-2H3,(H2,9,10,11). The Kier molecular flexibility index (Phi) is 2.74. The van der Waals surface area contributed by atoms with Crippen LogP contribution in [0.15, 0.2) is 28.7 Å². The highest BCUT2D eigenvalue weighted by Gasteiger charge is 1.98. The van der Waals surface area contributed by atoms with E-state index in [-0.39, 0.29) is 0 Å². The molecule has 0 saturated carbocycles. The predicted octanol–water partition coefficient (Wildman–Crippen LogP) is 2.16. The van der Waals surface area contributed by atoms with Crippen molar-refractivity contribution in [2.45, 2.75) is 19.8 Å². The molecule has 0 fully saturated rings. The Hall–Kier alpha value is -1.45. The third kappa shape index (κ3) is 2.02. The van der Waals surface area contributed by atoms with Gasteiger partial charge in [-0.05, 0) is 17.5 Å². The summed E-state index contributed by atoms with van der Waals surface area (Å²) < 4.78 is 0. The van der Waals surface area contributed by atoms with Crippen molar-refractivity contribution in [3.05, 3.63) is 23.9 Å². The molecule has 0 atom stereocenters. The molecule has 4 nitrogen and oxygen atoms in total. The molecule has 4 heteroatoms. The van der Waals surface area contributed by atoms with Crippen LogP contribution in [-0.2, 0) is 0 Å². The van der Waals surface area contributed by atoms with E-state index in [4.69, 9.17) is 5.84 Å².